The van der Waals surface area contributed by atoms with Gasteiger partial charge in [-0.3, -0.25) is 5.43 Å². The molecule has 1 aliphatic heterocycles. The van der Waals surface area contributed by atoms with Gasteiger partial charge in [-0.05, 0) is 12.2 Å². The smallest absolute Gasteiger partial charge is 0.271 e. The molecule has 0 amide bonds. The highest BCUT2D eigenvalue weighted by Gasteiger charge is 2.35. The molecule has 6 heteroatoms. The van der Waals surface area contributed by atoms with E-state index in [-0.39, 0.29) is 18.4 Å². The Kier molecular flexibility index (Phi) is 3.19. The topological polar surface area (TPSA) is 56.5 Å². The SMILES string of the molecule is NNC(=S)OCC1(F)CCOC1. The van der Waals surface area contributed by atoms with E-state index in [9.17, 15) is 4.39 Å². The van der Waals surface area contributed by atoms with Crippen LogP contribution < -0.4 is 11.3 Å². The quantitative estimate of drug-likeness (QED) is 0.364. The molecule has 0 bridgehead atoms. The summed E-state index contributed by atoms with van der Waals surface area (Å²) in [5.41, 5.74) is 0.706. The zero-order valence-electron chi connectivity index (χ0n) is 6.51. The van der Waals surface area contributed by atoms with Crippen LogP contribution in [0, 0.1) is 0 Å². The van der Waals surface area contributed by atoms with Gasteiger partial charge in [-0.15, -0.1) is 0 Å². The molecule has 1 rings (SSSR count). The number of alkyl halides is 1. The summed E-state index contributed by atoms with van der Waals surface area (Å²) in [6.45, 7) is 0.402. The van der Waals surface area contributed by atoms with Gasteiger partial charge < -0.3 is 9.47 Å². The van der Waals surface area contributed by atoms with E-state index >= 15 is 0 Å². The van der Waals surface area contributed by atoms with Gasteiger partial charge >= 0.3 is 0 Å². The Morgan fingerprint density at radius 1 is 1.83 bits per heavy atom. The average molecular weight is 194 g/mol. The highest BCUT2D eigenvalue weighted by atomic mass is 32.1. The lowest BCUT2D eigenvalue weighted by Gasteiger charge is -2.17. The van der Waals surface area contributed by atoms with E-state index in [1.165, 1.54) is 0 Å². The summed E-state index contributed by atoms with van der Waals surface area (Å²) in [6, 6.07) is 0. The third-order valence-electron chi connectivity index (χ3n) is 1.63. The maximum atomic E-state index is 13.4. The van der Waals surface area contributed by atoms with E-state index < -0.39 is 5.67 Å². The van der Waals surface area contributed by atoms with Crippen LogP contribution in [-0.4, -0.2) is 30.7 Å². The van der Waals surface area contributed by atoms with E-state index in [0.29, 0.717) is 13.0 Å². The van der Waals surface area contributed by atoms with E-state index in [1.54, 1.807) is 0 Å². The fourth-order valence-electron chi connectivity index (χ4n) is 0.933. The van der Waals surface area contributed by atoms with Crippen LogP contribution >= 0.6 is 12.2 Å². The summed E-state index contributed by atoms with van der Waals surface area (Å²) in [6.07, 6.45) is 0.347. The Bertz CT molecular complexity index is 173. The Morgan fingerprint density at radius 3 is 3.08 bits per heavy atom. The number of nitrogens with two attached hydrogens (primary N) is 1. The minimum atomic E-state index is -1.40. The predicted octanol–water partition coefficient (Wildman–Crippen LogP) is -0.120. The van der Waals surface area contributed by atoms with Crippen LogP contribution in [0.5, 0.6) is 0 Å². The predicted molar refractivity (Wildman–Crippen MR) is 45.1 cm³/mol. The second-order valence-electron chi connectivity index (χ2n) is 2.67. The molecule has 4 nitrogen and oxygen atoms in total. The molecule has 1 saturated heterocycles. The molecule has 0 aromatic carbocycles. The third kappa shape index (κ3) is 2.54. The number of nitrogens with one attached hydrogen (secondary N) is 1. The Labute approximate surface area is 75.2 Å². The summed E-state index contributed by atoms with van der Waals surface area (Å²) in [7, 11) is 0. The van der Waals surface area contributed by atoms with Crippen molar-refractivity contribution in [2.24, 2.45) is 5.84 Å². The first-order valence-electron chi connectivity index (χ1n) is 3.56. The van der Waals surface area contributed by atoms with Crippen molar-refractivity contribution in [2.75, 3.05) is 19.8 Å². The fourth-order valence-corrected chi connectivity index (χ4v) is 0.992. The zero-order chi connectivity index (χ0) is 9.03. The van der Waals surface area contributed by atoms with Gasteiger partial charge in [-0.1, -0.05) is 0 Å². The van der Waals surface area contributed by atoms with E-state index in [0.717, 1.165) is 0 Å². The molecule has 0 spiro atoms. The van der Waals surface area contributed by atoms with E-state index in [2.05, 4.69) is 17.6 Å². The molecular weight excluding hydrogens is 183 g/mol. The molecule has 3 N–H and O–H groups in total. The van der Waals surface area contributed by atoms with Crippen LogP contribution in [0.1, 0.15) is 6.42 Å². The summed E-state index contributed by atoms with van der Waals surface area (Å²) in [4.78, 5) is 0. The Morgan fingerprint density at radius 2 is 2.58 bits per heavy atom. The van der Waals surface area contributed by atoms with Gasteiger partial charge in [0.1, 0.15) is 6.61 Å². The molecule has 0 aromatic rings. The number of hydrogen-bond acceptors (Lipinski definition) is 4. The first kappa shape index (κ1) is 9.63. The highest BCUT2D eigenvalue weighted by molar-refractivity contribution is 7.80. The van der Waals surface area contributed by atoms with Gasteiger partial charge in [0, 0.05) is 13.0 Å². The largest absolute Gasteiger partial charge is 0.467 e. The van der Waals surface area contributed by atoms with Crippen LogP contribution in [0.25, 0.3) is 0 Å². The van der Waals surface area contributed by atoms with Crippen molar-refractivity contribution in [3.05, 3.63) is 0 Å². The number of halogens is 1. The lowest BCUT2D eigenvalue weighted by molar-refractivity contribution is 0.0591. The van der Waals surface area contributed by atoms with Gasteiger partial charge in [-0.2, -0.15) is 0 Å². The average Bonchev–Trinajstić information content (AvgIpc) is 2.49. The molecule has 1 unspecified atom stereocenters. The molecule has 0 aromatic heterocycles. The van der Waals surface area contributed by atoms with Gasteiger partial charge in [-0.25, -0.2) is 10.2 Å². The Balaban J connectivity index is 2.25. The number of thiocarbonyl (C=S) groups is 1. The van der Waals surface area contributed by atoms with E-state index in [4.69, 9.17) is 15.3 Å². The van der Waals surface area contributed by atoms with E-state index in [1.807, 2.05) is 0 Å². The van der Waals surface area contributed by atoms with Crippen molar-refractivity contribution in [3.8, 4) is 0 Å². The van der Waals surface area contributed by atoms with Crippen molar-refractivity contribution in [3.63, 3.8) is 0 Å². The van der Waals surface area contributed by atoms with Crippen molar-refractivity contribution in [1.82, 2.24) is 5.43 Å². The number of hydrazine groups is 1. The van der Waals surface area contributed by atoms with Gasteiger partial charge in [0.2, 0.25) is 0 Å². The molecule has 1 aliphatic rings. The summed E-state index contributed by atoms with van der Waals surface area (Å²) in [5, 5.41) is -0.000995. The van der Waals surface area contributed by atoms with Gasteiger partial charge in [0.25, 0.3) is 5.17 Å². The monoisotopic (exact) mass is 194 g/mol. The first-order chi connectivity index (χ1) is 5.66. The number of hydrogen-bond donors (Lipinski definition) is 2. The van der Waals surface area contributed by atoms with Crippen molar-refractivity contribution in [2.45, 2.75) is 12.1 Å². The molecule has 0 radical (unpaired) electrons. The molecule has 1 atom stereocenters. The summed E-state index contributed by atoms with van der Waals surface area (Å²) < 4.78 is 23.1. The molecule has 1 heterocycles. The van der Waals surface area contributed by atoms with Crippen molar-refractivity contribution >= 4 is 17.4 Å². The minimum absolute atomic E-state index is 0.000995. The van der Waals surface area contributed by atoms with Gasteiger partial charge in [0.15, 0.2) is 5.67 Å². The number of ether oxygens (including phenoxy) is 2. The molecule has 1 fully saturated rings. The lowest BCUT2D eigenvalue weighted by Crippen LogP contribution is -2.36. The van der Waals surface area contributed by atoms with Crippen LogP contribution in [0.2, 0.25) is 0 Å². The van der Waals surface area contributed by atoms with Crippen LogP contribution in [0.15, 0.2) is 0 Å². The molecule has 0 aliphatic carbocycles. The van der Waals surface area contributed by atoms with Gasteiger partial charge in [0.05, 0.1) is 6.61 Å². The standard InChI is InChI=1S/C6H11FN2O2S/c7-6(1-2-10-3-6)4-11-5(12)9-8/h1-4,8H2,(H,9,12). The summed E-state index contributed by atoms with van der Waals surface area (Å²) >= 11 is 4.57. The number of rotatable bonds is 2. The molecular formula is C6H11FN2O2S. The fraction of sp³-hybridized carbons (Fsp3) is 0.833. The lowest BCUT2D eigenvalue weighted by atomic mass is 10.1. The first-order valence-corrected chi connectivity index (χ1v) is 3.97. The molecule has 0 saturated carbocycles. The third-order valence-corrected chi connectivity index (χ3v) is 1.87. The maximum absolute atomic E-state index is 13.4. The van der Waals surface area contributed by atoms with Crippen LogP contribution in [-0.2, 0) is 9.47 Å². The second-order valence-corrected chi connectivity index (χ2v) is 3.04. The highest BCUT2D eigenvalue weighted by Crippen LogP contribution is 2.23. The molecule has 70 valence electrons. The zero-order valence-corrected chi connectivity index (χ0v) is 7.32. The van der Waals surface area contributed by atoms with Crippen LogP contribution in [0.3, 0.4) is 0 Å². The summed E-state index contributed by atoms with van der Waals surface area (Å²) in [5.74, 6) is 4.93. The minimum Gasteiger partial charge on any atom is -0.467 e. The molecule has 12 heavy (non-hydrogen) atoms. The van der Waals surface area contributed by atoms with Crippen LogP contribution in [0.4, 0.5) is 4.39 Å². The Hall–Kier alpha value is -0.460. The van der Waals surface area contributed by atoms with Crippen molar-refractivity contribution < 1.29 is 13.9 Å². The maximum Gasteiger partial charge on any atom is 0.271 e. The van der Waals surface area contributed by atoms with Crippen molar-refractivity contribution in [1.29, 1.82) is 0 Å². The normalized spacial score (nSPS) is 28.5. The second kappa shape index (κ2) is 3.97.